The molecule has 1 aromatic rings. The fraction of sp³-hybridized carbons (Fsp3) is 0.273. The number of aromatic nitrogens is 1. The molecule has 18 heavy (non-hydrogen) atoms. The van der Waals surface area contributed by atoms with Crippen molar-refractivity contribution in [2.24, 2.45) is 0 Å². The van der Waals surface area contributed by atoms with E-state index in [1.54, 1.807) is 12.1 Å². The van der Waals surface area contributed by atoms with Crippen LogP contribution in [0.2, 0.25) is 0 Å². The Hall–Kier alpha value is -2.80. The van der Waals surface area contributed by atoms with Gasteiger partial charge >= 0.3 is 5.97 Å². The lowest BCUT2D eigenvalue weighted by Crippen LogP contribution is -2.35. The van der Waals surface area contributed by atoms with E-state index < -0.39 is 11.9 Å². The number of carbonyl (C=O) groups is 2. The van der Waals surface area contributed by atoms with Crippen LogP contribution in [0.15, 0.2) is 18.3 Å². The minimum Gasteiger partial charge on any atom is -0.477 e. The van der Waals surface area contributed by atoms with Crippen LogP contribution in [0, 0.1) is 22.7 Å². The topological polar surface area (TPSA) is 110 Å². The molecule has 0 atom stereocenters. The lowest BCUT2D eigenvalue weighted by atomic mass is 10.4. The van der Waals surface area contributed by atoms with Crippen molar-refractivity contribution in [3.63, 3.8) is 0 Å². The maximum atomic E-state index is 11.8. The van der Waals surface area contributed by atoms with Gasteiger partial charge in [-0.15, -0.1) is 0 Å². The van der Waals surface area contributed by atoms with Crippen molar-refractivity contribution >= 4 is 11.9 Å². The summed E-state index contributed by atoms with van der Waals surface area (Å²) in [6, 6.07) is 6.44. The molecule has 0 aliphatic rings. The second-order valence-electron chi connectivity index (χ2n) is 3.39. The Kier molecular flexibility index (Phi) is 4.47. The van der Waals surface area contributed by atoms with E-state index in [0.717, 1.165) is 4.90 Å². The number of nitrogens with zero attached hydrogens (tertiary/aromatic N) is 4. The maximum absolute atomic E-state index is 11.8. The maximum Gasteiger partial charge on any atom is 0.352 e. The Morgan fingerprint density at radius 2 is 1.94 bits per heavy atom. The van der Waals surface area contributed by atoms with Crippen LogP contribution in [-0.4, -0.2) is 39.5 Å². The molecule has 7 nitrogen and oxygen atoms in total. The van der Waals surface area contributed by atoms with Crippen molar-refractivity contribution in [3.8, 4) is 12.1 Å². The molecule has 92 valence electrons. The van der Waals surface area contributed by atoms with Crippen molar-refractivity contribution in [2.45, 2.75) is 6.54 Å². The molecule has 0 spiro atoms. The monoisotopic (exact) mass is 246 g/mol. The zero-order valence-electron chi connectivity index (χ0n) is 9.41. The third-order valence-corrected chi connectivity index (χ3v) is 2.23. The number of aromatic carboxylic acids is 1. The first-order valence-electron chi connectivity index (χ1n) is 5.00. The average Bonchev–Trinajstić information content (AvgIpc) is 2.77. The Morgan fingerprint density at radius 3 is 2.44 bits per heavy atom. The van der Waals surface area contributed by atoms with Crippen LogP contribution in [0.1, 0.15) is 10.5 Å². The smallest absolute Gasteiger partial charge is 0.352 e. The molecule has 0 aromatic carbocycles. The molecule has 1 heterocycles. The quantitative estimate of drug-likeness (QED) is 0.738. The van der Waals surface area contributed by atoms with Crippen molar-refractivity contribution in [1.29, 1.82) is 10.5 Å². The van der Waals surface area contributed by atoms with Gasteiger partial charge in [-0.1, -0.05) is 0 Å². The average molecular weight is 246 g/mol. The van der Waals surface area contributed by atoms with Crippen LogP contribution >= 0.6 is 0 Å². The van der Waals surface area contributed by atoms with Crippen molar-refractivity contribution in [2.75, 3.05) is 13.1 Å². The number of hydrogen-bond donors (Lipinski definition) is 1. The number of amides is 1. The first-order chi connectivity index (χ1) is 8.60. The lowest BCUT2D eigenvalue weighted by molar-refractivity contribution is -0.130. The molecule has 0 aliphatic carbocycles. The minimum absolute atomic E-state index is 0.0165. The molecule has 1 aromatic heterocycles. The highest BCUT2D eigenvalue weighted by atomic mass is 16.4. The standard InChI is InChI=1S/C11H10N4O3/c12-3-6-14(7-4-13)10(16)8-15-5-1-2-9(15)11(17)18/h1-2,5H,6-8H2,(H,17,18). The highest BCUT2D eigenvalue weighted by Gasteiger charge is 2.16. The van der Waals surface area contributed by atoms with Gasteiger partial charge in [-0.2, -0.15) is 10.5 Å². The van der Waals surface area contributed by atoms with E-state index in [4.69, 9.17) is 15.6 Å². The van der Waals surface area contributed by atoms with Crippen LogP contribution in [-0.2, 0) is 11.3 Å². The molecule has 0 saturated carbocycles. The van der Waals surface area contributed by atoms with Crippen LogP contribution in [0.5, 0.6) is 0 Å². The van der Waals surface area contributed by atoms with Gasteiger partial charge in [0, 0.05) is 6.20 Å². The Balaban J connectivity index is 2.80. The van der Waals surface area contributed by atoms with Crippen LogP contribution < -0.4 is 0 Å². The fourth-order valence-electron chi connectivity index (χ4n) is 1.39. The minimum atomic E-state index is -1.14. The van der Waals surface area contributed by atoms with Crippen LogP contribution in [0.4, 0.5) is 0 Å². The molecule has 0 bridgehead atoms. The number of nitriles is 2. The van der Waals surface area contributed by atoms with Gasteiger partial charge < -0.3 is 14.6 Å². The third-order valence-electron chi connectivity index (χ3n) is 2.23. The van der Waals surface area contributed by atoms with Gasteiger partial charge in [0.2, 0.25) is 5.91 Å². The molecule has 1 amide bonds. The van der Waals surface area contributed by atoms with Crippen molar-refractivity contribution in [3.05, 3.63) is 24.0 Å². The van der Waals surface area contributed by atoms with Gasteiger partial charge in [0.05, 0.1) is 12.1 Å². The number of rotatable bonds is 5. The molecule has 1 rings (SSSR count). The van der Waals surface area contributed by atoms with E-state index in [2.05, 4.69) is 0 Å². The molecule has 0 aliphatic heterocycles. The Bertz CT molecular complexity index is 519. The molecule has 7 heteroatoms. The van der Waals surface area contributed by atoms with E-state index in [9.17, 15) is 9.59 Å². The molecule has 0 saturated heterocycles. The van der Waals surface area contributed by atoms with Gasteiger partial charge in [-0.3, -0.25) is 4.79 Å². The predicted molar refractivity (Wildman–Crippen MR) is 59.2 cm³/mol. The normalized spacial score (nSPS) is 9.22. The number of carbonyl (C=O) groups excluding carboxylic acids is 1. The molecular formula is C11H10N4O3. The van der Waals surface area contributed by atoms with Crippen molar-refractivity contribution < 1.29 is 14.7 Å². The second kappa shape index (κ2) is 6.06. The highest BCUT2D eigenvalue weighted by molar-refractivity contribution is 5.87. The summed E-state index contributed by atoms with van der Waals surface area (Å²) in [6.45, 7) is -0.607. The highest BCUT2D eigenvalue weighted by Crippen LogP contribution is 2.03. The summed E-state index contributed by atoms with van der Waals surface area (Å²) < 4.78 is 1.26. The van der Waals surface area contributed by atoms with E-state index >= 15 is 0 Å². The summed E-state index contributed by atoms with van der Waals surface area (Å²) in [7, 11) is 0. The molecule has 1 N–H and O–H groups in total. The molecule has 0 fully saturated rings. The van der Waals surface area contributed by atoms with Gasteiger partial charge in [-0.05, 0) is 12.1 Å². The fourth-order valence-corrected chi connectivity index (χ4v) is 1.39. The predicted octanol–water partition coefficient (Wildman–Crippen LogP) is 0.0621. The van der Waals surface area contributed by atoms with E-state index in [1.165, 1.54) is 22.9 Å². The van der Waals surface area contributed by atoms with Crippen molar-refractivity contribution in [1.82, 2.24) is 9.47 Å². The first-order valence-corrected chi connectivity index (χ1v) is 5.00. The zero-order valence-corrected chi connectivity index (χ0v) is 9.41. The summed E-state index contributed by atoms with van der Waals surface area (Å²) in [4.78, 5) is 23.7. The molecular weight excluding hydrogens is 236 g/mol. The summed E-state index contributed by atoms with van der Waals surface area (Å²) in [5.74, 6) is -1.61. The summed E-state index contributed by atoms with van der Waals surface area (Å²) in [5, 5.41) is 25.9. The Labute approximate surface area is 103 Å². The summed E-state index contributed by atoms with van der Waals surface area (Å²) in [6.07, 6.45) is 1.46. The second-order valence-corrected chi connectivity index (χ2v) is 3.39. The van der Waals surface area contributed by atoms with Gasteiger partial charge in [0.1, 0.15) is 25.3 Å². The largest absolute Gasteiger partial charge is 0.477 e. The van der Waals surface area contributed by atoms with Gasteiger partial charge in [-0.25, -0.2) is 4.79 Å². The number of hydrogen-bond acceptors (Lipinski definition) is 4. The van der Waals surface area contributed by atoms with Gasteiger partial charge in [0.25, 0.3) is 0 Å². The van der Waals surface area contributed by atoms with E-state index in [0.29, 0.717) is 0 Å². The zero-order chi connectivity index (χ0) is 13.5. The molecule has 0 radical (unpaired) electrons. The number of carboxylic acid groups (broad SMARTS) is 1. The summed E-state index contributed by atoms with van der Waals surface area (Å²) >= 11 is 0. The van der Waals surface area contributed by atoms with E-state index in [-0.39, 0.29) is 25.3 Å². The SMILES string of the molecule is N#CCN(CC#N)C(=O)Cn1cccc1C(=O)O. The molecule has 0 unspecified atom stereocenters. The van der Waals surface area contributed by atoms with E-state index in [1.807, 2.05) is 0 Å². The first kappa shape index (κ1) is 13.3. The van der Waals surface area contributed by atoms with Crippen LogP contribution in [0.3, 0.4) is 0 Å². The van der Waals surface area contributed by atoms with Crippen LogP contribution in [0.25, 0.3) is 0 Å². The van der Waals surface area contributed by atoms with Gasteiger partial charge in [0.15, 0.2) is 0 Å². The number of carboxylic acids is 1. The Morgan fingerprint density at radius 1 is 1.33 bits per heavy atom. The lowest BCUT2D eigenvalue weighted by Gasteiger charge is -2.16. The summed E-state index contributed by atoms with van der Waals surface area (Å²) in [5.41, 5.74) is -0.0165. The third kappa shape index (κ3) is 3.09.